The first-order valence-corrected chi connectivity index (χ1v) is 9.57. The van der Waals surface area contributed by atoms with Crippen LogP contribution in [0.15, 0.2) is 40.2 Å². The first-order chi connectivity index (χ1) is 12.1. The van der Waals surface area contributed by atoms with E-state index < -0.39 is 0 Å². The fourth-order valence-corrected chi connectivity index (χ4v) is 3.75. The lowest BCUT2D eigenvalue weighted by molar-refractivity contribution is -0.113. The fourth-order valence-electron chi connectivity index (χ4n) is 2.11. The molecule has 0 aliphatic carbocycles. The topological polar surface area (TPSA) is 77.2 Å². The number of aryl methyl sites for hydroxylation is 1. The number of benzene rings is 1. The highest BCUT2D eigenvalue weighted by Gasteiger charge is 2.09. The first-order valence-electron chi connectivity index (χ1n) is 7.54. The van der Waals surface area contributed by atoms with Crippen LogP contribution in [0.25, 0.3) is 10.6 Å². The third-order valence-electron chi connectivity index (χ3n) is 3.25. The molecule has 6 nitrogen and oxygen atoms in total. The fraction of sp³-hybridized carbons (Fsp3) is 0.235. The van der Waals surface area contributed by atoms with E-state index in [1.807, 2.05) is 29.6 Å². The van der Waals surface area contributed by atoms with Gasteiger partial charge in [0.15, 0.2) is 5.82 Å². The number of amides is 1. The average molecular weight is 375 g/mol. The van der Waals surface area contributed by atoms with E-state index in [0.29, 0.717) is 23.1 Å². The molecular weight excluding hydrogens is 358 g/mol. The Balaban J connectivity index is 1.50. The van der Waals surface area contributed by atoms with Crippen LogP contribution in [0.1, 0.15) is 11.5 Å². The molecule has 0 radical (unpaired) electrons. The van der Waals surface area contributed by atoms with Gasteiger partial charge in [0.05, 0.1) is 18.6 Å². The molecule has 3 aromatic rings. The number of thiazole rings is 1. The zero-order chi connectivity index (χ0) is 17.6. The quantitative estimate of drug-likeness (QED) is 0.673. The summed E-state index contributed by atoms with van der Waals surface area (Å²) < 4.78 is 10.2. The van der Waals surface area contributed by atoms with Crippen LogP contribution >= 0.6 is 23.1 Å². The highest BCUT2D eigenvalue weighted by Crippen LogP contribution is 2.28. The normalized spacial score (nSPS) is 10.6. The van der Waals surface area contributed by atoms with Crippen molar-refractivity contribution in [1.82, 2.24) is 10.1 Å². The predicted octanol–water partition coefficient (Wildman–Crippen LogP) is 3.99. The number of carbonyl (C=O) groups is 1. The Kier molecular flexibility index (Phi) is 5.72. The van der Waals surface area contributed by atoms with Crippen molar-refractivity contribution in [3.05, 3.63) is 47.2 Å². The van der Waals surface area contributed by atoms with Gasteiger partial charge in [0.25, 0.3) is 0 Å². The number of aromatic nitrogens is 2. The van der Waals surface area contributed by atoms with Gasteiger partial charge in [-0.15, -0.1) is 23.1 Å². The summed E-state index contributed by atoms with van der Waals surface area (Å²) in [5.74, 6) is 2.81. The highest BCUT2D eigenvalue weighted by atomic mass is 32.2. The van der Waals surface area contributed by atoms with Gasteiger partial charge in [0.2, 0.25) is 5.91 Å². The van der Waals surface area contributed by atoms with E-state index in [9.17, 15) is 4.79 Å². The van der Waals surface area contributed by atoms with E-state index in [0.717, 1.165) is 22.0 Å². The number of methoxy groups -OCH3 is 1. The Labute approximate surface area is 153 Å². The summed E-state index contributed by atoms with van der Waals surface area (Å²) in [6, 6.07) is 9.50. The summed E-state index contributed by atoms with van der Waals surface area (Å²) in [5.41, 5.74) is 1.98. The van der Waals surface area contributed by atoms with Gasteiger partial charge >= 0.3 is 0 Å². The van der Waals surface area contributed by atoms with Crippen molar-refractivity contribution in [3.63, 3.8) is 0 Å². The van der Waals surface area contributed by atoms with Gasteiger partial charge in [-0.25, -0.2) is 4.98 Å². The maximum atomic E-state index is 11.9. The van der Waals surface area contributed by atoms with E-state index in [4.69, 9.17) is 9.26 Å². The van der Waals surface area contributed by atoms with E-state index in [1.54, 1.807) is 31.4 Å². The first kappa shape index (κ1) is 17.5. The number of hydrogen-bond donors (Lipinski definition) is 1. The molecule has 25 heavy (non-hydrogen) atoms. The summed E-state index contributed by atoms with van der Waals surface area (Å²) in [6.07, 6.45) is 0. The number of ether oxygens (including phenoxy) is 1. The Hall–Kier alpha value is -2.32. The van der Waals surface area contributed by atoms with Gasteiger partial charge in [0.1, 0.15) is 16.5 Å². The Morgan fingerprint density at radius 2 is 2.28 bits per heavy atom. The van der Waals surface area contributed by atoms with E-state index in [1.165, 1.54) is 11.8 Å². The molecule has 0 atom stereocenters. The number of nitrogens with one attached hydrogen (secondary N) is 1. The molecule has 2 aromatic heterocycles. The third-order valence-corrected chi connectivity index (χ3v) is 5.15. The van der Waals surface area contributed by atoms with Gasteiger partial charge in [-0.2, -0.15) is 0 Å². The number of hydrogen-bond acceptors (Lipinski definition) is 7. The number of anilines is 1. The monoisotopic (exact) mass is 375 g/mol. The number of rotatable bonds is 7. The van der Waals surface area contributed by atoms with Crippen LogP contribution in [-0.4, -0.2) is 28.9 Å². The minimum atomic E-state index is -0.110. The van der Waals surface area contributed by atoms with E-state index in [2.05, 4.69) is 15.5 Å². The second kappa shape index (κ2) is 8.17. The molecule has 0 aliphatic heterocycles. The largest absolute Gasteiger partial charge is 0.497 e. The second-order valence-electron chi connectivity index (χ2n) is 5.24. The summed E-state index contributed by atoms with van der Waals surface area (Å²) in [4.78, 5) is 16.5. The molecule has 0 saturated carbocycles. The van der Waals surface area contributed by atoms with Crippen LogP contribution in [0.4, 0.5) is 5.82 Å². The lowest BCUT2D eigenvalue weighted by Crippen LogP contribution is -2.14. The molecular formula is C17H17N3O3S2. The maximum Gasteiger partial charge on any atom is 0.235 e. The van der Waals surface area contributed by atoms with E-state index in [-0.39, 0.29) is 5.91 Å². The van der Waals surface area contributed by atoms with Crippen molar-refractivity contribution >= 4 is 34.8 Å². The van der Waals surface area contributed by atoms with Crippen molar-refractivity contribution in [2.24, 2.45) is 0 Å². The number of thioether (sulfide) groups is 1. The molecule has 1 amide bonds. The van der Waals surface area contributed by atoms with Gasteiger partial charge in [-0.05, 0) is 19.1 Å². The molecule has 0 aliphatic rings. The molecule has 130 valence electrons. The SMILES string of the molecule is COc1cccc(-c2nc(CSCC(=O)Nc3cc(C)on3)cs2)c1. The Bertz CT molecular complexity index is 860. The van der Waals surface area contributed by atoms with Gasteiger partial charge < -0.3 is 14.6 Å². The molecule has 1 aromatic carbocycles. The van der Waals surface area contributed by atoms with Crippen molar-refractivity contribution in [1.29, 1.82) is 0 Å². The van der Waals surface area contributed by atoms with Crippen molar-refractivity contribution < 1.29 is 14.1 Å². The number of carbonyl (C=O) groups excluding carboxylic acids is 1. The van der Waals surface area contributed by atoms with Crippen molar-refractivity contribution in [2.75, 3.05) is 18.2 Å². The summed E-state index contributed by atoms with van der Waals surface area (Å²) >= 11 is 3.09. The smallest absolute Gasteiger partial charge is 0.235 e. The molecule has 0 fully saturated rings. The van der Waals surface area contributed by atoms with Crippen LogP contribution < -0.4 is 10.1 Å². The second-order valence-corrected chi connectivity index (χ2v) is 7.08. The molecule has 0 saturated heterocycles. The van der Waals surface area contributed by atoms with Crippen LogP contribution in [-0.2, 0) is 10.5 Å². The number of nitrogens with zero attached hydrogens (tertiary/aromatic N) is 2. The molecule has 0 unspecified atom stereocenters. The van der Waals surface area contributed by atoms with Gasteiger partial charge in [0, 0.05) is 22.8 Å². The van der Waals surface area contributed by atoms with Gasteiger partial charge in [-0.1, -0.05) is 17.3 Å². The summed E-state index contributed by atoms with van der Waals surface area (Å²) in [5, 5.41) is 9.39. The molecule has 0 bridgehead atoms. The molecule has 8 heteroatoms. The zero-order valence-corrected chi connectivity index (χ0v) is 15.4. The predicted molar refractivity (Wildman–Crippen MR) is 100 cm³/mol. The minimum Gasteiger partial charge on any atom is -0.497 e. The van der Waals surface area contributed by atoms with Crippen LogP contribution in [0.3, 0.4) is 0 Å². The lowest BCUT2D eigenvalue weighted by Gasteiger charge is -2.01. The average Bonchev–Trinajstić information content (AvgIpc) is 3.24. The highest BCUT2D eigenvalue weighted by molar-refractivity contribution is 7.99. The summed E-state index contributed by atoms with van der Waals surface area (Å²) in [6.45, 7) is 1.78. The Morgan fingerprint density at radius 1 is 1.40 bits per heavy atom. The summed E-state index contributed by atoms with van der Waals surface area (Å²) in [7, 11) is 1.65. The van der Waals surface area contributed by atoms with E-state index >= 15 is 0 Å². The van der Waals surface area contributed by atoms with Crippen LogP contribution in [0.2, 0.25) is 0 Å². The van der Waals surface area contributed by atoms with Crippen LogP contribution in [0.5, 0.6) is 5.75 Å². The Morgan fingerprint density at radius 3 is 3.04 bits per heavy atom. The molecule has 1 N–H and O–H groups in total. The maximum absolute atomic E-state index is 11.9. The standard InChI is InChI=1S/C17H17N3O3S2/c1-11-6-15(20-23-11)19-16(21)10-24-8-13-9-25-17(18-13)12-4-3-5-14(7-12)22-2/h3-7,9H,8,10H2,1-2H3,(H,19,20,21). The van der Waals surface area contributed by atoms with Crippen LogP contribution in [0, 0.1) is 6.92 Å². The molecule has 2 heterocycles. The molecule has 3 rings (SSSR count). The van der Waals surface area contributed by atoms with Crippen molar-refractivity contribution in [3.8, 4) is 16.3 Å². The molecule has 0 spiro atoms. The third kappa shape index (κ3) is 4.83. The van der Waals surface area contributed by atoms with Gasteiger partial charge in [-0.3, -0.25) is 4.79 Å². The zero-order valence-electron chi connectivity index (χ0n) is 13.8. The van der Waals surface area contributed by atoms with Crippen molar-refractivity contribution in [2.45, 2.75) is 12.7 Å². The minimum absolute atomic E-state index is 0.110. The lowest BCUT2D eigenvalue weighted by atomic mass is 10.2.